The van der Waals surface area contributed by atoms with Gasteiger partial charge in [0.2, 0.25) is 5.89 Å². The lowest BCUT2D eigenvalue weighted by molar-refractivity contribution is 0.619. The zero-order valence-corrected chi connectivity index (χ0v) is 14.0. The van der Waals surface area contributed by atoms with Crippen LogP contribution >= 0.6 is 0 Å². The maximum Gasteiger partial charge on any atom is 0.227 e. The molecule has 0 bridgehead atoms. The molecule has 0 unspecified atom stereocenters. The van der Waals surface area contributed by atoms with Crippen LogP contribution in [-0.4, -0.2) is 9.55 Å². The van der Waals surface area contributed by atoms with E-state index in [0.717, 1.165) is 22.4 Å². The highest BCUT2D eigenvalue weighted by Gasteiger charge is 2.09. The average Bonchev–Trinajstić information content (AvgIpc) is 3.38. The summed E-state index contributed by atoms with van der Waals surface area (Å²) in [5.41, 5.74) is 6.07. The highest BCUT2D eigenvalue weighted by Crippen LogP contribution is 2.28. The Morgan fingerprint density at radius 2 is 1.35 bits per heavy atom. The van der Waals surface area contributed by atoms with Crippen molar-refractivity contribution in [1.82, 2.24) is 9.55 Å². The second kappa shape index (κ2) is 6.05. The first kappa shape index (κ1) is 14.7. The Kier molecular flexibility index (Phi) is 3.42. The molecule has 0 aliphatic heterocycles. The third-order valence-electron chi connectivity index (χ3n) is 4.51. The number of hydrogen-bond acceptors (Lipinski definition) is 2. The van der Waals surface area contributed by atoms with Crippen LogP contribution in [-0.2, 0) is 0 Å². The summed E-state index contributed by atoms with van der Waals surface area (Å²) in [5, 5.41) is 0. The van der Waals surface area contributed by atoms with Crippen molar-refractivity contribution in [3.05, 3.63) is 97.3 Å². The average molecular weight is 336 g/mol. The fraction of sp³-hybridized carbons (Fsp3) is 0. The molecule has 0 atom stereocenters. The SMILES string of the molecule is c1ccc(-c2ccc(-c3nc4ccc(-n5cccc5)cc4o3)cc2)cc1. The second-order valence-corrected chi connectivity index (χ2v) is 6.20. The van der Waals surface area contributed by atoms with E-state index in [1.165, 1.54) is 11.1 Å². The molecular weight excluding hydrogens is 320 g/mol. The minimum Gasteiger partial charge on any atom is -0.436 e. The van der Waals surface area contributed by atoms with Crippen LogP contribution < -0.4 is 0 Å². The molecule has 5 rings (SSSR count). The standard InChI is InChI=1S/C23H16N2O/c1-2-6-17(7-3-1)18-8-10-19(11-9-18)23-24-21-13-12-20(16-22(21)26-23)25-14-4-5-15-25/h1-16H. The molecular formula is C23H16N2O. The van der Waals surface area contributed by atoms with E-state index < -0.39 is 0 Å². The molecule has 0 fully saturated rings. The monoisotopic (exact) mass is 336 g/mol. The largest absolute Gasteiger partial charge is 0.436 e. The first-order chi connectivity index (χ1) is 12.9. The number of fused-ring (bicyclic) bond motifs is 1. The molecule has 2 aromatic heterocycles. The van der Waals surface area contributed by atoms with Gasteiger partial charge < -0.3 is 8.98 Å². The van der Waals surface area contributed by atoms with Crippen LogP contribution in [0.5, 0.6) is 0 Å². The van der Waals surface area contributed by atoms with E-state index >= 15 is 0 Å². The van der Waals surface area contributed by atoms with Crippen LogP contribution in [0.2, 0.25) is 0 Å². The van der Waals surface area contributed by atoms with Gasteiger partial charge in [-0.3, -0.25) is 0 Å². The molecule has 2 heterocycles. The summed E-state index contributed by atoms with van der Waals surface area (Å²) < 4.78 is 8.07. The Hall–Kier alpha value is -3.59. The molecule has 0 saturated carbocycles. The number of nitrogens with zero attached hydrogens (tertiary/aromatic N) is 2. The summed E-state index contributed by atoms with van der Waals surface area (Å²) in [6.07, 6.45) is 4.03. The maximum atomic E-state index is 6.01. The van der Waals surface area contributed by atoms with Gasteiger partial charge >= 0.3 is 0 Å². The first-order valence-corrected chi connectivity index (χ1v) is 8.57. The van der Waals surface area contributed by atoms with Gasteiger partial charge in [-0.1, -0.05) is 42.5 Å². The van der Waals surface area contributed by atoms with Crippen molar-refractivity contribution in [2.45, 2.75) is 0 Å². The molecule has 0 aliphatic carbocycles. The predicted octanol–water partition coefficient (Wildman–Crippen LogP) is 5.95. The van der Waals surface area contributed by atoms with E-state index in [1.807, 2.05) is 60.9 Å². The van der Waals surface area contributed by atoms with Crippen molar-refractivity contribution >= 4 is 11.1 Å². The minimum absolute atomic E-state index is 0.643. The summed E-state index contributed by atoms with van der Waals surface area (Å²) >= 11 is 0. The fourth-order valence-electron chi connectivity index (χ4n) is 3.14. The van der Waals surface area contributed by atoms with Crippen LogP contribution in [0, 0.1) is 0 Å². The quantitative estimate of drug-likeness (QED) is 0.407. The van der Waals surface area contributed by atoms with E-state index in [1.54, 1.807) is 0 Å². The van der Waals surface area contributed by atoms with E-state index in [0.29, 0.717) is 5.89 Å². The van der Waals surface area contributed by atoms with E-state index in [4.69, 9.17) is 4.42 Å². The van der Waals surface area contributed by atoms with Gasteiger partial charge in [0, 0.05) is 29.7 Å². The van der Waals surface area contributed by atoms with Crippen molar-refractivity contribution in [3.63, 3.8) is 0 Å². The van der Waals surface area contributed by atoms with Gasteiger partial charge in [-0.25, -0.2) is 4.98 Å². The summed E-state index contributed by atoms with van der Waals surface area (Å²) in [6.45, 7) is 0. The van der Waals surface area contributed by atoms with Crippen LogP contribution in [0.1, 0.15) is 0 Å². The molecule has 0 radical (unpaired) electrons. The van der Waals surface area contributed by atoms with Gasteiger partial charge in [-0.15, -0.1) is 0 Å². The highest BCUT2D eigenvalue weighted by molar-refractivity contribution is 5.79. The Bertz CT molecular complexity index is 1150. The third kappa shape index (κ3) is 2.60. The summed E-state index contributed by atoms with van der Waals surface area (Å²) in [4.78, 5) is 4.63. The summed E-state index contributed by atoms with van der Waals surface area (Å²) in [5.74, 6) is 0.643. The maximum absolute atomic E-state index is 6.01. The Morgan fingerprint density at radius 1 is 0.654 bits per heavy atom. The molecule has 3 heteroatoms. The lowest BCUT2D eigenvalue weighted by Gasteiger charge is -2.02. The first-order valence-electron chi connectivity index (χ1n) is 8.57. The third-order valence-corrected chi connectivity index (χ3v) is 4.51. The molecule has 0 N–H and O–H groups in total. The smallest absolute Gasteiger partial charge is 0.227 e. The fourth-order valence-corrected chi connectivity index (χ4v) is 3.14. The van der Waals surface area contributed by atoms with Gasteiger partial charge in [0.05, 0.1) is 0 Å². The van der Waals surface area contributed by atoms with E-state index in [2.05, 4.69) is 45.9 Å². The summed E-state index contributed by atoms with van der Waals surface area (Å²) in [6, 6.07) is 28.7. The van der Waals surface area contributed by atoms with Crippen molar-refractivity contribution in [2.24, 2.45) is 0 Å². The van der Waals surface area contributed by atoms with Crippen LogP contribution in [0.25, 0.3) is 39.4 Å². The van der Waals surface area contributed by atoms with Gasteiger partial charge in [0.1, 0.15) is 5.52 Å². The van der Waals surface area contributed by atoms with E-state index in [-0.39, 0.29) is 0 Å². The molecule has 0 saturated heterocycles. The number of hydrogen-bond donors (Lipinski definition) is 0. The lowest BCUT2D eigenvalue weighted by atomic mass is 10.0. The molecule has 26 heavy (non-hydrogen) atoms. The Morgan fingerprint density at radius 3 is 2.12 bits per heavy atom. The van der Waals surface area contributed by atoms with Gasteiger partial charge in [0.15, 0.2) is 5.58 Å². The highest BCUT2D eigenvalue weighted by atomic mass is 16.3. The van der Waals surface area contributed by atoms with Crippen molar-refractivity contribution in [2.75, 3.05) is 0 Å². The number of aromatic nitrogens is 2. The van der Waals surface area contributed by atoms with Crippen LogP contribution in [0.3, 0.4) is 0 Å². The van der Waals surface area contributed by atoms with Gasteiger partial charge in [-0.2, -0.15) is 0 Å². The molecule has 3 nitrogen and oxygen atoms in total. The summed E-state index contributed by atoms with van der Waals surface area (Å²) in [7, 11) is 0. The zero-order chi connectivity index (χ0) is 17.3. The molecule has 124 valence electrons. The minimum atomic E-state index is 0.643. The second-order valence-electron chi connectivity index (χ2n) is 6.20. The molecule has 3 aromatic carbocycles. The van der Waals surface area contributed by atoms with Crippen LogP contribution in [0.4, 0.5) is 0 Å². The van der Waals surface area contributed by atoms with Crippen molar-refractivity contribution in [3.8, 4) is 28.3 Å². The molecule has 0 spiro atoms. The Balaban J connectivity index is 1.51. The lowest BCUT2D eigenvalue weighted by Crippen LogP contribution is -1.87. The van der Waals surface area contributed by atoms with Gasteiger partial charge in [-0.05, 0) is 47.5 Å². The molecule has 0 aliphatic rings. The number of benzene rings is 3. The number of rotatable bonds is 3. The van der Waals surface area contributed by atoms with Gasteiger partial charge in [0.25, 0.3) is 0 Å². The Labute approximate surface area is 151 Å². The van der Waals surface area contributed by atoms with E-state index in [9.17, 15) is 0 Å². The zero-order valence-electron chi connectivity index (χ0n) is 14.0. The van der Waals surface area contributed by atoms with Crippen molar-refractivity contribution in [1.29, 1.82) is 0 Å². The van der Waals surface area contributed by atoms with Crippen molar-refractivity contribution < 1.29 is 4.42 Å². The topological polar surface area (TPSA) is 31.0 Å². The number of oxazole rings is 1. The molecule has 5 aromatic rings. The molecule has 0 amide bonds. The normalized spacial score (nSPS) is 11.1. The van der Waals surface area contributed by atoms with Crippen LogP contribution in [0.15, 0.2) is 102 Å². The predicted molar refractivity (Wildman–Crippen MR) is 104 cm³/mol.